The van der Waals surface area contributed by atoms with E-state index < -0.39 is 17.6 Å². The maximum Gasteiger partial charge on any atom is 0.416 e. The minimum Gasteiger partial charge on any atom is -0.493 e. The lowest BCUT2D eigenvalue weighted by Gasteiger charge is -2.16. The number of hydrogen-bond acceptors (Lipinski definition) is 4. The van der Waals surface area contributed by atoms with Gasteiger partial charge in [0, 0.05) is 0 Å². The quantitative estimate of drug-likeness (QED) is 0.415. The van der Waals surface area contributed by atoms with Gasteiger partial charge in [-0.05, 0) is 47.9 Å². The molecule has 1 fully saturated rings. The van der Waals surface area contributed by atoms with Crippen molar-refractivity contribution in [2.24, 2.45) is 5.92 Å². The number of amides is 1. The summed E-state index contributed by atoms with van der Waals surface area (Å²) in [5.74, 6) is 0.693. The Balaban J connectivity index is 1.80. The van der Waals surface area contributed by atoms with Crippen LogP contribution >= 0.6 is 24.0 Å². The molecule has 3 nitrogen and oxygen atoms in total. The normalized spacial score (nSPS) is 16.2. The Hall–Kier alpha value is -2.32. The average Bonchev–Trinajstić information content (AvgIpc) is 2.94. The van der Waals surface area contributed by atoms with Crippen molar-refractivity contribution in [1.82, 2.24) is 0 Å². The first kappa shape index (κ1) is 21.4. The topological polar surface area (TPSA) is 29.5 Å². The predicted molar refractivity (Wildman–Crippen MR) is 114 cm³/mol. The molecule has 0 atom stereocenters. The van der Waals surface area contributed by atoms with E-state index >= 15 is 0 Å². The van der Waals surface area contributed by atoms with Crippen LogP contribution in [0.1, 0.15) is 25.0 Å². The SMILES string of the molecule is CC(C)COc1ccc(/C=C2/SC(=S)N(c3cccc(C(F)(F)F)c3)C2=O)cc1. The summed E-state index contributed by atoms with van der Waals surface area (Å²) in [5, 5.41) is 0. The maximum absolute atomic E-state index is 13.0. The van der Waals surface area contributed by atoms with Crippen LogP contribution in [0.15, 0.2) is 53.4 Å². The van der Waals surface area contributed by atoms with E-state index in [1.807, 2.05) is 24.3 Å². The lowest BCUT2D eigenvalue weighted by atomic mass is 10.1. The number of benzene rings is 2. The van der Waals surface area contributed by atoms with Gasteiger partial charge in [0.05, 0.1) is 22.8 Å². The number of rotatable bonds is 5. The molecule has 1 amide bonds. The van der Waals surface area contributed by atoms with E-state index in [0.717, 1.165) is 40.1 Å². The Kier molecular flexibility index (Phi) is 6.33. The van der Waals surface area contributed by atoms with Crippen molar-refractivity contribution < 1.29 is 22.7 Å². The smallest absolute Gasteiger partial charge is 0.416 e. The molecule has 0 N–H and O–H groups in total. The highest BCUT2D eigenvalue weighted by molar-refractivity contribution is 8.27. The number of carbonyl (C=O) groups excluding carboxylic acids is 1. The van der Waals surface area contributed by atoms with Gasteiger partial charge in [-0.25, -0.2) is 0 Å². The highest BCUT2D eigenvalue weighted by Gasteiger charge is 2.36. The highest BCUT2D eigenvalue weighted by atomic mass is 32.2. The van der Waals surface area contributed by atoms with Gasteiger partial charge in [0.2, 0.25) is 0 Å². The number of thiocarbonyl (C=S) groups is 1. The van der Waals surface area contributed by atoms with Crippen molar-refractivity contribution in [3.8, 4) is 5.75 Å². The van der Waals surface area contributed by atoms with Crippen LogP contribution in [0.5, 0.6) is 5.75 Å². The highest BCUT2D eigenvalue weighted by Crippen LogP contribution is 2.38. The van der Waals surface area contributed by atoms with Crippen LogP contribution in [0.4, 0.5) is 18.9 Å². The number of carbonyl (C=O) groups is 1. The summed E-state index contributed by atoms with van der Waals surface area (Å²) in [5.41, 5.74) is 0.0413. The standard InChI is InChI=1S/C21H18F3NO2S2/c1-13(2)12-27-17-8-6-14(7-9-17)10-18-19(26)25(20(28)29-18)16-5-3-4-15(11-16)21(22,23)24/h3-11,13H,12H2,1-2H3/b18-10+. The van der Waals surface area contributed by atoms with E-state index in [1.54, 1.807) is 6.08 Å². The molecule has 0 aromatic heterocycles. The van der Waals surface area contributed by atoms with Crippen molar-refractivity contribution in [3.63, 3.8) is 0 Å². The number of nitrogens with zero attached hydrogens (tertiary/aromatic N) is 1. The van der Waals surface area contributed by atoms with E-state index in [0.29, 0.717) is 17.4 Å². The van der Waals surface area contributed by atoms with Gasteiger partial charge >= 0.3 is 6.18 Å². The molecule has 1 heterocycles. The number of ether oxygens (including phenoxy) is 1. The second-order valence-corrected chi connectivity index (χ2v) is 8.51. The molecule has 1 aliphatic heterocycles. The van der Waals surface area contributed by atoms with Gasteiger partial charge in [0.15, 0.2) is 4.32 Å². The summed E-state index contributed by atoms with van der Waals surface area (Å²) in [6.45, 7) is 4.72. The molecule has 0 spiro atoms. The molecule has 0 saturated carbocycles. The number of hydrogen-bond donors (Lipinski definition) is 0. The summed E-state index contributed by atoms with van der Waals surface area (Å²) >= 11 is 6.29. The second-order valence-electron chi connectivity index (χ2n) is 6.84. The first-order valence-corrected chi connectivity index (χ1v) is 10.1. The molecule has 8 heteroatoms. The van der Waals surface area contributed by atoms with Crippen LogP contribution in [0, 0.1) is 5.92 Å². The third kappa shape index (κ3) is 5.19. The Morgan fingerprint density at radius 1 is 1.17 bits per heavy atom. The average molecular weight is 438 g/mol. The zero-order valence-electron chi connectivity index (χ0n) is 15.7. The largest absolute Gasteiger partial charge is 0.493 e. The minimum atomic E-state index is -4.49. The van der Waals surface area contributed by atoms with Crippen LogP contribution in [-0.4, -0.2) is 16.8 Å². The molecular weight excluding hydrogens is 419 g/mol. The first-order chi connectivity index (χ1) is 13.6. The minimum absolute atomic E-state index is 0.100. The van der Waals surface area contributed by atoms with Crippen molar-refractivity contribution in [3.05, 3.63) is 64.6 Å². The van der Waals surface area contributed by atoms with Crippen molar-refractivity contribution in [2.75, 3.05) is 11.5 Å². The van der Waals surface area contributed by atoms with E-state index in [2.05, 4.69) is 13.8 Å². The van der Waals surface area contributed by atoms with E-state index in [9.17, 15) is 18.0 Å². The molecule has 29 heavy (non-hydrogen) atoms. The molecule has 152 valence electrons. The molecule has 1 aliphatic rings. The third-order valence-corrected chi connectivity index (χ3v) is 5.29. The van der Waals surface area contributed by atoms with Crippen LogP contribution < -0.4 is 9.64 Å². The number of alkyl halides is 3. The molecule has 2 aromatic rings. The molecule has 0 unspecified atom stereocenters. The fraction of sp³-hybridized carbons (Fsp3) is 0.238. The van der Waals surface area contributed by atoms with E-state index in [1.165, 1.54) is 12.1 Å². The Bertz CT molecular complexity index is 953. The van der Waals surface area contributed by atoms with Gasteiger partial charge in [-0.3, -0.25) is 9.69 Å². The number of anilines is 1. The fourth-order valence-corrected chi connectivity index (χ4v) is 3.89. The summed E-state index contributed by atoms with van der Waals surface area (Å²) in [4.78, 5) is 14.2. The lowest BCUT2D eigenvalue weighted by Crippen LogP contribution is -2.27. The Morgan fingerprint density at radius 3 is 2.48 bits per heavy atom. The van der Waals surface area contributed by atoms with Crippen LogP contribution in [-0.2, 0) is 11.0 Å². The summed E-state index contributed by atoms with van der Waals surface area (Å²) in [7, 11) is 0. The number of thioether (sulfide) groups is 1. The van der Waals surface area contributed by atoms with Crippen molar-refractivity contribution >= 4 is 46.0 Å². The molecule has 1 saturated heterocycles. The molecule has 0 radical (unpaired) electrons. The predicted octanol–water partition coefficient (Wildman–Crippen LogP) is 6.15. The van der Waals surface area contributed by atoms with Gasteiger partial charge in [0.25, 0.3) is 5.91 Å². The second kappa shape index (κ2) is 8.59. The zero-order chi connectivity index (χ0) is 21.2. The molecule has 3 rings (SSSR count). The van der Waals surface area contributed by atoms with Gasteiger partial charge in [-0.2, -0.15) is 13.2 Å². The molecule has 0 aliphatic carbocycles. The fourth-order valence-electron chi connectivity index (χ4n) is 2.59. The van der Waals surface area contributed by atoms with Crippen LogP contribution in [0.3, 0.4) is 0 Å². The monoisotopic (exact) mass is 437 g/mol. The van der Waals surface area contributed by atoms with E-state index in [4.69, 9.17) is 17.0 Å². The summed E-state index contributed by atoms with van der Waals surface area (Å²) < 4.78 is 44.8. The zero-order valence-corrected chi connectivity index (χ0v) is 17.3. The van der Waals surface area contributed by atoms with Crippen molar-refractivity contribution in [1.29, 1.82) is 0 Å². The third-order valence-electron chi connectivity index (χ3n) is 3.99. The molecule has 2 aromatic carbocycles. The maximum atomic E-state index is 13.0. The first-order valence-electron chi connectivity index (χ1n) is 8.83. The van der Waals surface area contributed by atoms with E-state index in [-0.39, 0.29) is 10.0 Å². The number of halogens is 3. The van der Waals surface area contributed by atoms with Gasteiger partial charge in [-0.1, -0.05) is 56.0 Å². The van der Waals surface area contributed by atoms with Crippen molar-refractivity contribution in [2.45, 2.75) is 20.0 Å². The van der Waals surface area contributed by atoms with Crippen LogP contribution in [0.2, 0.25) is 0 Å². The van der Waals surface area contributed by atoms with Gasteiger partial charge in [0.1, 0.15) is 5.75 Å². The van der Waals surface area contributed by atoms with Gasteiger partial charge < -0.3 is 4.74 Å². The molecular formula is C21H18F3NO2S2. The lowest BCUT2D eigenvalue weighted by molar-refractivity contribution is -0.137. The summed E-state index contributed by atoms with van der Waals surface area (Å²) in [6, 6.07) is 11.8. The Labute approximate surface area is 176 Å². The molecule has 0 bridgehead atoms. The Morgan fingerprint density at radius 2 is 1.86 bits per heavy atom. The van der Waals surface area contributed by atoms with Crippen LogP contribution in [0.25, 0.3) is 6.08 Å². The summed E-state index contributed by atoms with van der Waals surface area (Å²) in [6.07, 6.45) is -2.83. The van der Waals surface area contributed by atoms with Gasteiger partial charge in [-0.15, -0.1) is 0 Å².